The van der Waals surface area contributed by atoms with Crippen LogP contribution >= 0.6 is 0 Å². The van der Waals surface area contributed by atoms with Crippen LogP contribution < -0.4 is 14.8 Å². The van der Waals surface area contributed by atoms with E-state index in [1.54, 1.807) is 33.5 Å². The summed E-state index contributed by atoms with van der Waals surface area (Å²) in [6.07, 6.45) is 0. The van der Waals surface area contributed by atoms with E-state index in [0.717, 1.165) is 11.1 Å². The van der Waals surface area contributed by atoms with Gasteiger partial charge in [-0.3, -0.25) is 4.79 Å². The van der Waals surface area contributed by atoms with Gasteiger partial charge in [0.25, 0.3) is 5.91 Å². The van der Waals surface area contributed by atoms with Crippen LogP contribution in [0.1, 0.15) is 21.5 Å². The molecule has 0 atom stereocenters. The monoisotopic (exact) mass is 315 g/mol. The molecule has 0 aromatic heterocycles. The first kappa shape index (κ1) is 16.8. The summed E-state index contributed by atoms with van der Waals surface area (Å²) < 4.78 is 15.6. The molecule has 0 aliphatic heterocycles. The molecule has 1 amide bonds. The Morgan fingerprint density at radius 2 is 1.74 bits per heavy atom. The molecular weight excluding hydrogens is 294 g/mol. The predicted octanol–water partition coefficient (Wildman–Crippen LogP) is 3.41. The van der Waals surface area contributed by atoms with Crippen LogP contribution in [0.2, 0.25) is 0 Å². The van der Waals surface area contributed by atoms with Gasteiger partial charge in [0.15, 0.2) is 11.5 Å². The molecule has 5 nitrogen and oxygen atoms in total. The first-order valence-electron chi connectivity index (χ1n) is 7.21. The Labute approximate surface area is 136 Å². The van der Waals surface area contributed by atoms with Crippen molar-refractivity contribution in [3.05, 3.63) is 53.1 Å². The van der Waals surface area contributed by atoms with Gasteiger partial charge in [0, 0.05) is 24.4 Å². The van der Waals surface area contributed by atoms with E-state index in [-0.39, 0.29) is 5.91 Å². The molecule has 1 N–H and O–H groups in total. The van der Waals surface area contributed by atoms with Crippen LogP contribution in [-0.4, -0.2) is 27.2 Å². The van der Waals surface area contributed by atoms with E-state index < -0.39 is 0 Å². The van der Waals surface area contributed by atoms with Crippen LogP contribution in [0.5, 0.6) is 11.5 Å². The maximum Gasteiger partial charge on any atom is 0.255 e. The van der Waals surface area contributed by atoms with E-state index in [4.69, 9.17) is 14.2 Å². The average molecular weight is 315 g/mol. The normalized spacial score (nSPS) is 10.3. The predicted molar refractivity (Wildman–Crippen MR) is 89.4 cm³/mol. The van der Waals surface area contributed by atoms with Crippen molar-refractivity contribution in [2.45, 2.75) is 13.5 Å². The van der Waals surface area contributed by atoms with Crippen LogP contribution in [0.3, 0.4) is 0 Å². The standard InChI is InChI=1S/C18H21NO4/c1-12-8-16(22-3)17(23-4)10-15(12)19-18(20)14-7-5-6-13(9-14)11-21-2/h5-10H,11H2,1-4H3,(H,19,20). The summed E-state index contributed by atoms with van der Waals surface area (Å²) in [6.45, 7) is 2.37. The van der Waals surface area contributed by atoms with Gasteiger partial charge < -0.3 is 19.5 Å². The number of carbonyl (C=O) groups is 1. The van der Waals surface area contributed by atoms with E-state index in [0.29, 0.717) is 29.4 Å². The average Bonchev–Trinajstić information content (AvgIpc) is 2.56. The van der Waals surface area contributed by atoms with Gasteiger partial charge in [-0.1, -0.05) is 12.1 Å². The fourth-order valence-electron chi connectivity index (χ4n) is 2.28. The zero-order valence-electron chi connectivity index (χ0n) is 13.8. The van der Waals surface area contributed by atoms with E-state index in [1.165, 1.54) is 0 Å². The summed E-state index contributed by atoms with van der Waals surface area (Å²) in [6, 6.07) is 10.9. The summed E-state index contributed by atoms with van der Waals surface area (Å²) >= 11 is 0. The SMILES string of the molecule is COCc1cccc(C(=O)Nc2cc(OC)c(OC)cc2C)c1. The van der Waals surface area contributed by atoms with Crippen molar-refractivity contribution in [1.82, 2.24) is 0 Å². The second-order valence-corrected chi connectivity index (χ2v) is 5.11. The van der Waals surface area contributed by atoms with Crippen molar-refractivity contribution < 1.29 is 19.0 Å². The zero-order valence-corrected chi connectivity index (χ0v) is 13.8. The Hall–Kier alpha value is -2.53. The molecule has 0 aliphatic rings. The van der Waals surface area contributed by atoms with Gasteiger partial charge in [-0.05, 0) is 36.2 Å². The van der Waals surface area contributed by atoms with Crippen molar-refractivity contribution in [2.24, 2.45) is 0 Å². The molecule has 0 heterocycles. The number of carbonyl (C=O) groups excluding carboxylic acids is 1. The largest absolute Gasteiger partial charge is 0.493 e. The lowest BCUT2D eigenvalue weighted by Gasteiger charge is -2.14. The number of methoxy groups -OCH3 is 3. The number of nitrogens with one attached hydrogen (secondary N) is 1. The summed E-state index contributed by atoms with van der Waals surface area (Å²) in [5, 5.41) is 2.91. The number of amides is 1. The third-order valence-corrected chi connectivity index (χ3v) is 3.48. The third-order valence-electron chi connectivity index (χ3n) is 3.48. The van der Waals surface area contributed by atoms with Gasteiger partial charge in [0.05, 0.1) is 20.8 Å². The third kappa shape index (κ3) is 4.02. The smallest absolute Gasteiger partial charge is 0.255 e. The van der Waals surface area contributed by atoms with Crippen molar-refractivity contribution in [3.63, 3.8) is 0 Å². The van der Waals surface area contributed by atoms with E-state index >= 15 is 0 Å². The molecule has 0 saturated carbocycles. The maximum absolute atomic E-state index is 12.5. The Morgan fingerprint density at radius 1 is 1.04 bits per heavy atom. The highest BCUT2D eigenvalue weighted by molar-refractivity contribution is 6.04. The van der Waals surface area contributed by atoms with Crippen LogP contribution in [0, 0.1) is 6.92 Å². The quantitative estimate of drug-likeness (QED) is 0.887. The summed E-state index contributed by atoms with van der Waals surface area (Å²) in [7, 11) is 4.77. The van der Waals surface area contributed by atoms with Gasteiger partial charge in [-0.15, -0.1) is 0 Å². The van der Waals surface area contributed by atoms with Crippen LogP contribution in [-0.2, 0) is 11.3 Å². The molecule has 0 unspecified atom stereocenters. The Bertz CT molecular complexity index is 697. The van der Waals surface area contributed by atoms with Crippen LogP contribution in [0.15, 0.2) is 36.4 Å². The maximum atomic E-state index is 12.5. The summed E-state index contributed by atoms with van der Waals surface area (Å²) in [5.74, 6) is 1.02. The van der Waals surface area contributed by atoms with Gasteiger partial charge in [0.2, 0.25) is 0 Å². The molecule has 2 aromatic rings. The lowest BCUT2D eigenvalue weighted by molar-refractivity contribution is 0.102. The Morgan fingerprint density at radius 3 is 2.39 bits per heavy atom. The summed E-state index contributed by atoms with van der Waals surface area (Å²) in [4.78, 5) is 12.5. The minimum atomic E-state index is -0.182. The number of hydrogen-bond acceptors (Lipinski definition) is 4. The number of rotatable bonds is 6. The number of anilines is 1. The first-order valence-corrected chi connectivity index (χ1v) is 7.21. The van der Waals surface area contributed by atoms with Crippen LogP contribution in [0.25, 0.3) is 0 Å². The highest BCUT2D eigenvalue weighted by Gasteiger charge is 2.12. The van der Waals surface area contributed by atoms with E-state index in [1.807, 2.05) is 31.2 Å². The van der Waals surface area contributed by atoms with Gasteiger partial charge >= 0.3 is 0 Å². The summed E-state index contributed by atoms with van der Waals surface area (Å²) in [5.41, 5.74) is 3.10. The number of aryl methyl sites for hydroxylation is 1. The molecule has 0 radical (unpaired) electrons. The lowest BCUT2D eigenvalue weighted by Crippen LogP contribution is -2.13. The highest BCUT2D eigenvalue weighted by Crippen LogP contribution is 2.33. The molecule has 5 heteroatoms. The lowest BCUT2D eigenvalue weighted by atomic mass is 10.1. The van der Waals surface area contributed by atoms with Crippen molar-refractivity contribution in [2.75, 3.05) is 26.6 Å². The van der Waals surface area contributed by atoms with E-state index in [2.05, 4.69) is 5.32 Å². The van der Waals surface area contributed by atoms with E-state index in [9.17, 15) is 4.79 Å². The van der Waals surface area contributed by atoms with Gasteiger partial charge in [0.1, 0.15) is 0 Å². The molecule has 23 heavy (non-hydrogen) atoms. The molecule has 0 spiro atoms. The van der Waals surface area contributed by atoms with Crippen molar-refractivity contribution in [3.8, 4) is 11.5 Å². The fraction of sp³-hybridized carbons (Fsp3) is 0.278. The number of benzene rings is 2. The second-order valence-electron chi connectivity index (χ2n) is 5.11. The molecule has 0 fully saturated rings. The molecular formula is C18H21NO4. The topological polar surface area (TPSA) is 56.8 Å². The molecule has 122 valence electrons. The Kier molecular flexibility index (Phi) is 5.60. The first-order chi connectivity index (χ1) is 11.1. The minimum Gasteiger partial charge on any atom is -0.493 e. The fourth-order valence-corrected chi connectivity index (χ4v) is 2.28. The number of hydrogen-bond donors (Lipinski definition) is 1. The molecule has 0 bridgehead atoms. The van der Waals surface area contributed by atoms with Crippen LogP contribution in [0.4, 0.5) is 5.69 Å². The second kappa shape index (κ2) is 7.65. The molecule has 2 rings (SSSR count). The van der Waals surface area contributed by atoms with Crippen molar-refractivity contribution in [1.29, 1.82) is 0 Å². The molecule has 0 aliphatic carbocycles. The molecule has 2 aromatic carbocycles. The number of ether oxygens (including phenoxy) is 3. The van der Waals surface area contributed by atoms with Gasteiger partial charge in [-0.2, -0.15) is 0 Å². The van der Waals surface area contributed by atoms with Gasteiger partial charge in [-0.25, -0.2) is 0 Å². The zero-order chi connectivity index (χ0) is 16.8. The molecule has 0 saturated heterocycles. The Balaban J connectivity index is 2.24. The van der Waals surface area contributed by atoms with Crippen molar-refractivity contribution >= 4 is 11.6 Å². The highest BCUT2D eigenvalue weighted by atomic mass is 16.5. The minimum absolute atomic E-state index is 0.182.